The van der Waals surface area contributed by atoms with Crippen molar-refractivity contribution >= 4 is 0 Å². The van der Waals surface area contributed by atoms with E-state index in [0.29, 0.717) is 0 Å². The Morgan fingerprint density at radius 1 is 0.412 bits per heavy atom. The van der Waals surface area contributed by atoms with Crippen LogP contribution in [0.1, 0.15) is 0 Å². The fourth-order valence-electron chi connectivity index (χ4n) is 0. The standard InChI is InChI=1S/12O.2Sc.3W/q;;;;;;6*-1;2*+3;;;. The Bertz CT molecular complexity index is 341. The molecule has 17 heteroatoms. The van der Waals surface area contributed by atoms with Crippen LogP contribution >= 0.6 is 0 Å². The minimum absolute atomic E-state index is 0. The molecular weight excluding hydrogens is 833 g/mol. The molecule has 0 fully saturated rings. The Hall–Kier alpha value is 2.37. The molecule has 0 radical (unpaired) electrons. The minimum atomic E-state index is -6.17. The van der Waals surface area contributed by atoms with Gasteiger partial charge in [-0.25, -0.2) is 0 Å². The van der Waals surface area contributed by atoms with Gasteiger partial charge in [-0.3, -0.25) is 0 Å². The van der Waals surface area contributed by atoms with Crippen LogP contribution in [0.2, 0.25) is 0 Å². The van der Waals surface area contributed by atoms with E-state index >= 15 is 0 Å². The third kappa shape index (κ3) is 879. The zero-order valence-corrected chi connectivity index (χ0v) is 19.7. The molecule has 17 heavy (non-hydrogen) atoms. The van der Waals surface area contributed by atoms with Gasteiger partial charge in [0.25, 0.3) is 0 Å². The van der Waals surface area contributed by atoms with E-state index in [1.165, 1.54) is 0 Å². The van der Waals surface area contributed by atoms with Crippen molar-refractivity contribution < 1.29 is 145 Å². The molecule has 0 saturated heterocycles. The molecule has 0 aliphatic carbocycles. The average molecular weight is 833 g/mol. The van der Waals surface area contributed by atoms with Gasteiger partial charge in [0.15, 0.2) is 0 Å². The summed E-state index contributed by atoms with van der Waals surface area (Å²) in [5.74, 6) is 0. The summed E-state index contributed by atoms with van der Waals surface area (Å²) >= 11 is -18.5. The molecule has 12 nitrogen and oxygen atoms in total. The minimum Gasteiger partial charge on any atom is 3.00 e. The van der Waals surface area contributed by atoms with Crippen molar-refractivity contribution in [1.29, 1.82) is 0 Å². The molecule has 0 bridgehead atoms. The summed E-state index contributed by atoms with van der Waals surface area (Å²) in [6.07, 6.45) is 0. The smallest absolute Gasteiger partial charge is 3.00 e. The Morgan fingerprint density at radius 2 is 0.412 bits per heavy atom. The van der Waals surface area contributed by atoms with E-state index in [1.807, 2.05) is 0 Å². The number of hydrogen-bond acceptors (Lipinski definition) is 12. The molecule has 0 rings (SSSR count). The van der Waals surface area contributed by atoms with Crippen LogP contribution in [0.15, 0.2) is 0 Å². The van der Waals surface area contributed by atoms with Crippen LogP contribution in [0, 0.1) is 0 Å². The van der Waals surface area contributed by atoms with Crippen LogP contribution in [0.5, 0.6) is 0 Å². The van der Waals surface area contributed by atoms with Gasteiger partial charge in [-0.2, -0.15) is 0 Å². The van der Waals surface area contributed by atoms with Crippen molar-refractivity contribution in [3.63, 3.8) is 0 Å². The van der Waals surface area contributed by atoms with Gasteiger partial charge in [0.05, 0.1) is 0 Å². The zero-order chi connectivity index (χ0) is 13.5. The second kappa shape index (κ2) is 13.4. The monoisotopic (exact) mass is 834 g/mol. The van der Waals surface area contributed by atoms with Gasteiger partial charge < -0.3 is 0 Å². The Balaban J connectivity index is -0.0000000400. The molecule has 0 unspecified atom stereocenters. The quantitative estimate of drug-likeness (QED) is 0.221. The molecule has 0 saturated carbocycles. The molecule has 96 valence electrons. The normalized spacial score (nSPS) is 10.2. The first kappa shape index (κ1) is 31.7. The van der Waals surface area contributed by atoms with Crippen LogP contribution in [0.4, 0.5) is 0 Å². The van der Waals surface area contributed by atoms with Crippen LogP contribution < -0.4 is 22.6 Å². The summed E-state index contributed by atoms with van der Waals surface area (Å²) in [5.41, 5.74) is 0. The first-order chi connectivity index (χ1) is 6.00. The molecule has 0 heterocycles. The van der Waals surface area contributed by atoms with E-state index in [-0.39, 0.29) is 51.7 Å². The van der Waals surface area contributed by atoms with E-state index in [0.717, 1.165) is 0 Å². The van der Waals surface area contributed by atoms with Crippen LogP contribution in [-0.4, -0.2) is 0 Å². The zero-order valence-electron chi connectivity index (χ0n) is 7.28. The predicted octanol–water partition coefficient (Wildman–Crippen LogP) is -7.86. The Labute approximate surface area is 142 Å². The van der Waals surface area contributed by atoms with E-state index in [2.05, 4.69) is 0 Å². The number of hydrogen-bond donors (Lipinski definition) is 0. The fourth-order valence-corrected chi connectivity index (χ4v) is 0. The van der Waals surface area contributed by atoms with Gasteiger partial charge >= 0.3 is 145 Å². The van der Waals surface area contributed by atoms with E-state index in [9.17, 15) is 0 Å². The molecule has 0 aromatic carbocycles. The molecule has 0 amide bonds. The SMILES string of the molecule is [O]=[W](=[O])([O-])[O-].[O]=[W](=[O])([O-])[O-].[O]=[W](=[O])([O-])[O-].[Sc+3].[Sc+3]. The largest absolute Gasteiger partial charge is 3.00 e. The maximum Gasteiger partial charge on any atom is 3.00 e. The molecule has 0 atom stereocenters. The van der Waals surface area contributed by atoms with Crippen molar-refractivity contribution in [2.75, 3.05) is 0 Å². The van der Waals surface area contributed by atoms with Gasteiger partial charge in [-0.05, 0) is 0 Å². The van der Waals surface area contributed by atoms with Crippen LogP contribution in [0.3, 0.4) is 0 Å². The van der Waals surface area contributed by atoms with E-state index in [4.69, 9.17) is 42.9 Å². The molecule has 0 spiro atoms. The summed E-state index contributed by atoms with van der Waals surface area (Å²) in [6, 6.07) is 0. The van der Waals surface area contributed by atoms with Gasteiger partial charge in [-0.1, -0.05) is 0 Å². The van der Waals surface area contributed by atoms with Crippen molar-refractivity contribution in [3.05, 3.63) is 0 Å². The molecule has 0 aromatic heterocycles. The predicted molar refractivity (Wildman–Crippen MR) is 4.12 cm³/mol. The van der Waals surface area contributed by atoms with Crippen molar-refractivity contribution in [3.8, 4) is 0 Å². The molecule has 0 N–H and O–H groups in total. The molecule has 0 aliphatic rings. The van der Waals surface area contributed by atoms with Crippen molar-refractivity contribution in [2.24, 2.45) is 0 Å². The number of rotatable bonds is 0. The van der Waals surface area contributed by atoms with Crippen LogP contribution in [0.25, 0.3) is 0 Å². The van der Waals surface area contributed by atoms with E-state index in [1.54, 1.807) is 0 Å². The van der Waals surface area contributed by atoms with Crippen molar-refractivity contribution in [2.45, 2.75) is 0 Å². The summed E-state index contributed by atoms with van der Waals surface area (Å²) in [6.45, 7) is 0. The Kier molecular flexibility index (Phi) is 24.9. The van der Waals surface area contributed by atoms with Crippen LogP contribution in [-0.2, 0) is 122 Å². The van der Waals surface area contributed by atoms with Crippen molar-refractivity contribution in [1.82, 2.24) is 0 Å². The molecule has 0 aliphatic heterocycles. The van der Waals surface area contributed by atoms with Gasteiger partial charge in [-0.15, -0.1) is 0 Å². The fraction of sp³-hybridized carbons (Fsp3) is 0. The Morgan fingerprint density at radius 3 is 0.412 bits per heavy atom. The molecular formula is O12Sc2W3. The first-order valence-corrected chi connectivity index (χ1v) is 16.4. The van der Waals surface area contributed by atoms with Gasteiger partial charge in [0.1, 0.15) is 0 Å². The topological polar surface area (TPSA) is 241 Å². The second-order valence-corrected chi connectivity index (χ2v) is 10.0. The third-order valence-corrected chi connectivity index (χ3v) is 0. The summed E-state index contributed by atoms with van der Waals surface area (Å²) in [4.78, 5) is 0. The van der Waals surface area contributed by atoms with Gasteiger partial charge in [0, 0.05) is 0 Å². The first-order valence-electron chi connectivity index (χ1n) is 2.00. The maximum absolute atomic E-state index is 8.65. The second-order valence-electron chi connectivity index (χ2n) is 1.22. The third-order valence-electron chi connectivity index (χ3n) is 0. The summed E-state index contributed by atoms with van der Waals surface area (Å²) in [7, 11) is 0. The molecule has 0 aromatic rings. The van der Waals surface area contributed by atoms with Gasteiger partial charge in [0.2, 0.25) is 0 Å². The maximum atomic E-state index is 8.65. The summed E-state index contributed by atoms with van der Waals surface area (Å²) in [5, 5.41) is 0. The van der Waals surface area contributed by atoms with E-state index < -0.39 is 50.2 Å². The summed E-state index contributed by atoms with van der Waals surface area (Å²) < 4.78 is 104. The average Bonchev–Trinajstić information content (AvgIpc) is 1.41.